The average molecular weight is 287 g/mol. The molecule has 0 bridgehead atoms. The highest BCUT2D eigenvalue weighted by Crippen LogP contribution is 2.26. The van der Waals surface area contributed by atoms with Crippen molar-refractivity contribution in [2.24, 2.45) is 0 Å². The lowest BCUT2D eigenvalue weighted by Crippen LogP contribution is -2.13. The summed E-state index contributed by atoms with van der Waals surface area (Å²) in [4.78, 5) is 12.1. The van der Waals surface area contributed by atoms with Crippen molar-refractivity contribution < 1.29 is 9.53 Å². The summed E-state index contributed by atoms with van der Waals surface area (Å²) >= 11 is 0. The van der Waals surface area contributed by atoms with E-state index in [0.717, 1.165) is 17.8 Å². The molecule has 0 radical (unpaired) electrons. The summed E-state index contributed by atoms with van der Waals surface area (Å²) in [7, 11) is 0. The van der Waals surface area contributed by atoms with Crippen molar-refractivity contribution in [1.82, 2.24) is 9.78 Å². The largest absolute Gasteiger partial charge is 0.462 e. The molecule has 0 saturated carbocycles. The van der Waals surface area contributed by atoms with Gasteiger partial charge in [0.2, 0.25) is 0 Å². The lowest BCUT2D eigenvalue weighted by Gasteiger charge is -2.13. The molecule has 0 fully saturated rings. The third-order valence-corrected chi connectivity index (χ3v) is 3.57. The van der Waals surface area contributed by atoms with E-state index in [-0.39, 0.29) is 5.97 Å². The molecule has 1 aromatic carbocycles. The lowest BCUT2D eigenvalue weighted by molar-refractivity contribution is 0.0526. The second kappa shape index (κ2) is 5.99. The Morgan fingerprint density at radius 2 is 2.05 bits per heavy atom. The molecule has 5 heteroatoms. The van der Waals surface area contributed by atoms with Crippen molar-refractivity contribution >= 4 is 11.7 Å². The van der Waals surface area contributed by atoms with Crippen LogP contribution < -0.4 is 5.73 Å². The number of benzene rings is 1. The van der Waals surface area contributed by atoms with E-state index in [0.29, 0.717) is 23.5 Å². The zero-order valence-corrected chi connectivity index (χ0v) is 12.9. The topological polar surface area (TPSA) is 70.1 Å². The molecule has 0 atom stereocenters. The minimum Gasteiger partial charge on any atom is -0.462 e. The van der Waals surface area contributed by atoms with Crippen molar-refractivity contribution in [2.45, 2.75) is 34.1 Å². The van der Waals surface area contributed by atoms with E-state index >= 15 is 0 Å². The maximum absolute atomic E-state index is 12.1. The first-order valence-electron chi connectivity index (χ1n) is 7.12. The van der Waals surface area contributed by atoms with Crippen molar-refractivity contribution in [3.63, 3.8) is 0 Å². The van der Waals surface area contributed by atoms with Gasteiger partial charge >= 0.3 is 5.97 Å². The van der Waals surface area contributed by atoms with Crippen LogP contribution in [0, 0.1) is 13.8 Å². The fraction of sp³-hybridized carbons (Fsp3) is 0.375. The molecular formula is C16H21N3O2. The number of esters is 1. The van der Waals surface area contributed by atoms with Crippen LogP contribution >= 0.6 is 0 Å². The molecule has 0 saturated heterocycles. The fourth-order valence-electron chi connectivity index (χ4n) is 2.58. The molecule has 2 rings (SSSR count). The first-order chi connectivity index (χ1) is 10.0. The van der Waals surface area contributed by atoms with Crippen molar-refractivity contribution in [3.8, 4) is 5.69 Å². The molecule has 1 aromatic heterocycles. The molecule has 2 N–H and O–H groups in total. The van der Waals surface area contributed by atoms with Gasteiger partial charge in [0.05, 0.1) is 23.6 Å². The van der Waals surface area contributed by atoms with Gasteiger partial charge in [-0.1, -0.05) is 13.0 Å². The van der Waals surface area contributed by atoms with E-state index in [1.807, 2.05) is 13.8 Å². The van der Waals surface area contributed by atoms with Gasteiger partial charge in [0, 0.05) is 5.69 Å². The Kier molecular flexibility index (Phi) is 4.31. The second-order valence-corrected chi connectivity index (χ2v) is 4.88. The van der Waals surface area contributed by atoms with Crippen LogP contribution in [0.15, 0.2) is 18.2 Å². The Hall–Kier alpha value is -2.30. The van der Waals surface area contributed by atoms with Crippen LogP contribution in [-0.4, -0.2) is 22.4 Å². The summed E-state index contributed by atoms with van der Waals surface area (Å²) < 4.78 is 6.86. The molecule has 0 amide bonds. The Balaban J connectivity index is 2.66. The number of para-hydroxylation sites is 1. The van der Waals surface area contributed by atoms with Gasteiger partial charge in [-0.05, 0) is 44.9 Å². The van der Waals surface area contributed by atoms with Crippen molar-refractivity contribution in [1.29, 1.82) is 0 Å². The van der Waals surface area contributed by atoms with E-state index in [9.17, 15) is 4.79 Å². The number of ether oxygens (including phenoxy) is 1. The molecule has 5 nitrogen and oxygen atoms in total. The number of nitrogens with zero attached hydrogens (tertiary/aromatic N) is 2. The van der Waals surface area contributed by atoms with Crippen LogP contribution in [0.1, 0.15) is 41.2 Å². The summed E-state index contributed by atoms with van der Waals surface area (Å²) in [5.74, 6) is -0.384. The van der Waals surface area contributed by atoms with E-state index < -0.39 is 0 Å². The zero-order valence-electron chi connectivity index (χ0n) is 12.9. The summed E-state index contributed by atoms with van der Waals surface area (Å²) in [5, 5.41) is 4.54. The lowest BCUT2D eigenvalue weighted by atomic mass is 10.1. The smallest absolute Gasteiger partial charge is 0.340 e. The first kappa shape index (κ1) is 15.1. The van der Waals surface area contributed by atoms with Crippen molar-refractivity contribution in [3.05, 3.63) is 40.7 Å². The molecular weight excluding hydrogens is 266 g/mol. The number of carbonyl (C=O) groups excluding carboxylic acids is 1. The maximum Gasteiger partial charge on any atom is 0.340 e. The Bertz CT molecular complexity index is 674. The second-order valence-electron chi connectivity index (χ2n) is 4.88. The number of nitrogens with two attached hydrogens (primary N) is 1. The van der Waals surface area contributed by atoms with Crippen LogP contribution in [0.4, 0.5) is 5.69 Å². The summed E-state index contributed by atoms with van der Waals surface area (Å²) in [5.41, 5.74) is 10.8. The number of nitrogen functional groups attached to an aromatic ring is 1. The average Bonchev–Trinajstić information content (AvgIpc) is 2.73. The van der Waals surface area contributed by atoms with E-state index in [2.05, 4.69) is 12.0 Å². The number of carbonyl (C=O) groups is 1. The highest BCUT2D eigenvalue weighted by molar-refractivity contribution is 5.96. The Labute approximate surface area is 124 Å². The van der Waals surface area contributed by atoms with Gasteiger partial charge < -0.3 is 10.5 Å². The molecule has 0 spiro atoms. The molecule has 0 aliphatic heterocycles. The fourth-order valence-corrected chi connectivity index (χ4v) is 2.58. The predicted molar refractivity (Wildman–Crippen MR) is 82.8 cm³/mol. The minimum atomic E-state index is -0.384. The number of aryl methyl sites for hydroxylation is 1. The number of rotatable bonds is 4. The monoisotopic (exact) mass is 287 g/mol. The van der Waals surface area contributed by atoms with Gasteiger partial charge in [-0.15, -0.1) is 0 Å². The summed E-state index contributed by atoms with van der Waals surface area (Å²) in [6, 6.07) is 5.23. The highest BCUT2D eigenvalue weighted by Gasteiger charge is 2.20. The van der Waals surface area contributed by atoms with E-state index in [1.54, 1.807) is 29.8 Å². The maximum atomic E-state index is 12.1. The molecule has 0 aliphatic carbocycles. The van der Waals surface area contributed by atoms with E-state index in [1.165, 1.54) is 5.56 Å². The predicted octanol–water partition coefficient (Wildman–Crippen LogP) is 2.81. The molecule has 2 aromatic rings. The van der Waals surface area contributed by atoms with Crippen LogP contribution in [0.25, 0.3) is 5.69 Å². The number of hydrogen-bond donors (Lipinski definition) is 1. The van der Waals surface area contributed by atoms with Gasteiger partial charge in [-0.2, -0.15) is 5.10 Å². The highest BCUT2D eigenvalue weighted by atomic mass is 16.5. The zero-order chi connectivity index (χ0) is 15.6. The van der Waals surface area contributed by atoms with Gasteiger partial charge in [0.25, 0.3) is 0 Å². The van der Waals surface area contributed by atoms with Gasteiger partial charge in [0.1, 0.15) is 5.69 Å². The quantitative estimate of drug-likeness (QED) is 0.693. The van der Waals surface area contributed by atoms with Gasteiger partial charge in [0.15, 0.2) is 0 Å². The van der Waals surface area contributed by atoms with Crippen LogP contribution in [0.5, 0.6) is 0 Å². The van der Waals surface area contributed by atoms with Crippen LogP contribution in [-0.2, 0) is 11.2 Å². The molecule has 112 valence electrons. The SMILES string of the molecule is CCOC(=O)c1cccc(N)c1-n1nc(C)c(CC)c1C. The van der Waals surface area contributed by atoms with E-state index in [4.69, 9.17) is 10.5 Å². The molecule has 1 heterocycles. The Morgan fingerprint density at radius 3 is 2.62 bits per heavy atom. The van der Waals surface area contributed by atoms with Gasteiger partial charge in [-0.25, -0.2) is 9.48 Å². The van der Waals surface area contributed by atoms with Crippen LogP contribution in [0.3, 0.4) is 0 Å². The van der Waals surface area contributed by atoms with Crippen molar-refractivity contribution in [2.75, 3.05) is 12.3 Å². The third kappa shape index (κ3) is 2.63. The summed E-state index contributed by atoms with van der Waals surface area (Å²) in [6.07, 6.45) is 0.888. The molecule has 0 aliphatic rings. The summed E-state index contributed by atoms with van der Waals surface area (Å²) in [6.45, 7) is 8.14. The molecule has 21 heavy (non-hydrogen) atoms. The Morgan fingerprint density at radius 1 is 1.33 bits per heavy atom. The third-order valence-electron chi connectivity index (χ3n) is 3.57. The number of hydrogen-bond acceptors (Lipinski definition) is 4. The van der Waals surface area contributed by atoms with Gasteiger partial charge in [-0.3, -0.25) is 0 Å². The number of anilines is 1. The molecule has 0 unspecified atom stereocenters. The first-order valence-corrected chi connectivity index (χ1v) is 7.12. The number of aromatic nitrogens is 2. The normalized spacial score (nSPS) is 10.7. The standard InChI is InChI=1S/C16H21N3O2/c1-5-12-10(3)18-19(11(12)4)15-13(16(20)21-6-2)8-7-9-14(15)17/h7-9H,5-6,17H2,1-4H3. The minimum absolute atomic E-state index is 0.324. The van der Waals surface area contributed by atoms with Crippen LogP contribution in [0.2, 0.25) is 0 Å².